The van der Waals surface area contributed by atoms with Gasteiger partial charge in [-0.1, -0.05) is 0 Å². The van der Waals surface area contributed by atoms with Gasteiger partial charge in [-0.3, -0.25) is 9.59 Å². The molecule has 1 aliphatic rings. The van der Waals surface area contributed by atoms with E-state index in [1.54, 1.807) is 29.8 Å². The molecule has 6 nitrogen and oxygen atoms in total. The summed E-state index contributed by atoms with van der Waals surface area (Å²) in [4.78, 5) is 27.8. The lowest BCUT2D eigenvalue weighted by Gasteiger charge is -2.18. The average Bonchev–Trinajstić information content (AvgIpc) is 3.05. The molecule has 0 saturated carbocycles. The maximum absolute atomic E-state index is 12.1. The molecule has 0 radical (unpaired) electrons. The molecular weight excluding hydrogens is 304 g/mol. The normalized spacial score (nSPS) is 12.7. The number of nitrogens with zero attached hydrogens (tertiary/aromatic N) is 1. The van der Waals surface area contributed by atoms with Crippen LogP contribution in [0.3, 0.4) is 0 Å². The van der Waals surface area contributed by atoms with E-state index in [2.05, 4.69) is 10.3 Å². The highest BCUT2D eigenvalue weighted by Crippen LogP contribution is 2.31. The zero-order valence-corrected chi connectivity index (χ0v) is 12.5. The molecule has 1 aromatic heterocycles. The molecule has 2 aromatic rings. The molecule has 0 unspecified atom stereocenters. The maximum atomic E-state index is 12.1. The van der Waals surface area contributed by atoms with Crippen molar-refractivity contribution in [1.82, 2.24) is 4.98 Å². The Bertz CT molecular complexity index is 685. The Morgan fingerprint density at radius 1 is 1.18 bits per heavy atom. The number of ketones is 1. The number of carbonyl (C=O) groups excluding carboxylic acids is 2. The number of thiazole rings is 1. The smallest absolute Gasteiger partial charge is 0.226 e. The standard InChI is InChI=1S/C15H14N2O4S/c18-11(2-4-14(19)17-15-16-5-8-22-15)10-1-3-12-13(9-10)21-7-6-20-12/h1,3,5,8-9H,2,4,6-7H2,(H,16,17,19). The van der Waals surface area contributed by atoms with Gasteiger partial charge in [0.1, 0.15) is 13.2 Å². The number of benzene rings is 1. The summed E-state index contributed by atoms with van der Waals surface area (Å²) in [5, 5.41) is 4.96. The molecule has 1 aliphatic heterocycles. The molecule has 22 heavy (non-hydrogen) atoms. The van der Waals surface area contributed by atoms with Crippen LogP contribution in [0.1, 0.15) is 23.2 Å². The molecule has 0 fully saturated rings. The van der Waals surface area contributed by atoms with Crippen molar-refractivity contribution < 1.29 is 19.1 Å². The van der Waals surface area contributed by atoms with Crippen LogP contribution in [0.25, 0.3) is 0 Å². The van der Waals surface area contributed by atoms with Crippen molar-refractivity contribution in [3.8, 4) is 11.5 Å². The number of Topliss-reactive ketones (excluding diaryl/α,β-unsaturated/α-hetero) is 1. The molecule has 1 aromatic carbocycles. The monoisotopic (exact) mass is 318 g/mol. The van der Waals surface area contributed by atoms with E-state index in [-0.39, 0.29) is 24.5 Å². The van der Waals surface area contributed by atoms with E-state index in [1.807, 2.05) is 0 Å². The van der Waals surface area contributed by atoms with Gasteiger partial charge in [0, 0.05) is 30.0 Å². The van der Waals surface area contributed by atoms with Crippen molar-refractivity contribution in [2.75, 3.05) is 18.5 Å². The Labute approximate surface area is 131 Å². The topological polar surface area (TPSA) is 77.5 Å². The highest BCUT2D eigenvalue weighted by Gasteiger charge is 2.16. The predicted octanol–water partition coefficient (Wildman–Crippen LogP) is 2.52. The zero-order valence-electron chi connectivity index (χ0n) is 11.7. The van der Waals surface area contributed by atoms with Gasteiger partial charge in [0.05, 0.1) is 0 Å². The summed E-state index contributed by atoms with van der Waals surface area (Å²) in [6.07, 6.45) is 1.87. The minimum atomic E-state index is -0.221. The van der Waals surface area contributed by atoms with Gasteiger partial charge >= 0.3 is 0 Å². The van der Waals surface area contributed by atoms with Crippen molar-refractivity contribution >= 4 is 28.2 Å². The van der Waals surface area contributed by atoms with Gasteiger partial charge in [-0.25, -0.2) is 4.98 Å². The first-order chi connectivity index (χ1) is 10.7. The Kier molecular flexibility index (Phi) is 4.34. The Balaban J connectivity index is 1.56. The first kappa shape index (κ1) is 14.5. The molecule has 1 N–H and O–H groups in total. The third kappa shape index (κ3) is 3.43. The fourth-order valence-electron chi connectivity index (χ4n) is 2.06. The summed E-state index contributed by atoms with van der Waals surface area (Å²) in [6, 6.07) is 5.07. The van der Waals surface area contributed by atoms with Crippen LogP contribution >= 0.6 is 11.3 Å². The van der Waals surface area contributed by atoms with Gasteiger partial charge in [0.25, 0.3) is 0 Å². The summed E-state index contributed by atoms with van der Waals surface area (Å²) >= 11 is 1.34. The van der Waals surface area contributed by atoms with E-state index in [0.29, 0.717) is 35.4 Å². The second-order valence-electron chi connectivity index (χ2n) is 4.67. The fraction of sp³-hybridized carbons (Fsp3) is 0.267. The Hall–Kier alpha value is -2.41. The highest BCUT2D eigenvalue weighted by molar-refractivity contribution is 7.13. The van der Waals surface area contributed by atoms with Crippen molar-refractivity contribution in [2.24, 2.45) is 0 Å². The number of aromatic nitrogens is 1. The lowest BCUT2D eigenvalue weighted by molar-refractivity contribution is -0.116. The number of ether oxygens (including phenoxy) is 2. The quantitative estimate of drug-likeness (QED) is 0.857. The molecule has 1 amide bonds. The number of nitrogens with one attached hydrogen (secondary N) is 1. The van der Waals surface area contributed by atoms with Crippen LogP contribution in [0, 0.1) is 0 Å². The molecule has 0 spiro atoms. The predicted molar refractivity (Wildman–Crippen MR) is 81.7 cm³/mol. The largest absolute Gasteiger partial charge is 0.486 e. The fourth-order valence-corrected chi connectivity index (χ4v) is 2.60. The number of hydrogen-bond acceptors (Lipinski definition) is 6. The van der Waals surface area contributed by atoms with Crippen molar-refractivity contribution in [2.45, 2.75) is 12.8 Å². The van der Waals surface area contributed by atoms with Gasteiger partial charge in [-0.2, -0.15) is 0 Å². The van der Waals surface area contributed by atoms with Gasteiger partial charge < -0.3 is 14.8 Å². The second kappa shape index (κ2) is 6.57. The van der Waals surface area contributed by atoms with E-state index >= 15 is 0 Å². The number of anilines is 1. The second-order valence-corrected chi connectivity index (χ2v) is 5.56. The van der Waals surface area contributed by atoms with Crippen LogP contribution in [-0.4, -0.2) is 29.9 Å². The summed E-state index contributed by atoms with van der Waals surface area (Å²) in [5.41, 5.74) is 0.520. The summed E-state index contributed by atoms with van der Waals surface area (Å²) in [7, 11) is 0. The van der Waals surface area contributed by atoms with Crippen molar-refractivity contribution in [3.63, 3.8) is 0 Å². The van der Waals surface area contributed by atoms with Crippen LogP contribution in [0.4, 0.5) is 5.13 Å². The van der Waals surface area contributed by atoms with Crippen LogP contribution in [0.5, 0.6) is 11.5 Å². The summed E-state index contributed by atoms with van der Waals surface area (Å²) < 4.78 is 10.9. The minimum absolute atomic E-state index is 0.105. The Morgan fingerprint density at radius 3 is 2.77 bits per heavy atom. The lowest BCUT2D eigenvalue weighted by atomic mass is 10.1. The van der Waals surface area contributed by atoms with Gasteiger partial charge in [0.2, 0.25) is 5.91 Å². The van der Waals surface area contributed by atoms with Crippen molar-refractivity contribution in [3.05, 3.63) is 35.3 Å². The first-order valence-electron chi connectivity index (χ1n) is 6.84. The summed E-state index contributed by atoms with van der Waals surface area (Å²) in [5.74, 6) is 0.890. The highest BCUT2D eigenvalue weighted by atomic mass is 32.1. The zero-order chi connectivity index (χ0) is 15.4. The maximum Gasteiger partial charge on any atom is 0.226 e. The number of hydrogen-bond donors (Lipinski definition) is 1. The van der Waals surface area contributed by atoms with Crippen LogP contribution in [0.2, 0.25) is 0 Å². The molecule has 3 rings (SSSR count). The number of carbonyl (C=O) groups is 2. The van der Waals surface area contributed by atoms with E-state index in [9.17, 15) is 9.59 Å². The van der Waals surface area contributed by atoms with Crippen LogP contribution in [0.15, 0.2) is 29.8 Å². The van der Waals surface area contributed by atoms with E-state index in [1.165, 1.54) is 11.3 Å². The molecule has 114 valence electrons. The molecule has 0 atom stereocenters. The molecule has 2 heterocycles. The number of fused-ring (bicyclic) bond motifs is 1. The number of rotatable bonds is 5. The molecular formula is C15H14N2O4S. The molecule has 0 aliphatic carbocycles. The van der Waals surface area contributed by atoms with Crippen LogP contribution < -0.4 is 14.8 Å². The lowest BCUT2D eigenvalue weighted by Crippen LogP contribution is -2.16. The van der Waals surface area contributed by atoms with Crippen LogP contribution in [-0.2, 0) is 4.79 Å². The first-order valence-corrected chi connectivity index (χ1v) is 7.72. The third-order valence-electron chi connectivity index (χ3n) is 3.12. The third-order valence-corrected chi connectivity index (χ3v) is 3.81. The van der Waals surface area contributed by atoms with Gasteiger partial charge in [-0.15, -0.1) is 11.3 Å². The van der Waals surface area contributed by atoms with Crippen molar-refractivity contribution in [1.29, 1.82) is 0 Å². The van der Waals surface area contributed by atoms with Gasteiger partial charge in [-0.05, 0) is 18.2 Å². The molecule has 0 saturated heterocycles. The van der Waals surface area contributed by atoms with Gasteiger partial charge in [0.15, 0.2) is 22.4 Å². The molecule has 0 bridgehead atoms. The average molecular weight is 318 g/mol. The molecule has 7 heteroatoms. The summed E-state index contributed by atoms with van der Waals surface area (Å²) in [6.45, 7) is 0.984. The van der Waals surface area contributed by atoms with E-state index in [4.69, 9.17) is 9.47 Å². The van der Waals surface area contributed by atoms with E-state index < -0.39 is 0 Å². The number of amides is 1. The minimum Gasteiger partial charge on any atom is -0.486 e. The van der Waals surface area contributed by atoms with E-state index in [0.717, 1.165) is 0 Å². The SMILES string of the molecule is O=C(CCC(=O)c1ccc2c(c1)OCCO2)Nc1nccs1. The Morgan fingerprint density at radius 2 is 2.00 bits per heavy atom.